The standard InChI is InChI=1S/C15H19N3O/c1-18-15-8-4-7-14(13(15)10-16-18)17-11-5-3-6-12(9-11)19-2/h3,5-6,9-10,14,17H,4,7-8H2,1-2H3. The molecule has 4 heteroatoms. The van der Waals surface area contributed by atoms with Crippen LogP contribution in [0, 0.1) is 0 Å². The lowest BCUT2D eigenvalue weighted by Gasteiger charge is -2.25. The second-order valence-electron chi connectivity index (χ2n) is 4.99. The van der Waals surface area contributed by atoms with E-state index in [0.717, 1.165) is 24.3 Å². The maximum atomic E-state index is 5.26. The van der Waals surface area contributed by atoms with Gasteiger partial charge in [-0.05, 0) is 31.4 Å². The van der Waals surface area contributed by atoms with Gasteiger partial charge in [0, 0.05) is 30.1 Å². The molecule has 0 saturated heterocycles. The van der Waals surface area contributed by atoms with Gasteiger partial charge in [0.15, 0.2) is 0 Å². The van der Waals surface area contributed by atoms with Crippen LogP contribution in [0.3, 0.4) is 0 Å². The number of methoxy groups -OCH3 is 1. The van der Waals surface area contributed by atoms with E-state index in [4.69, 9.17) is 4.74 Å². The monoisotopic (exact) mass is 257 g/mol. The van der Waals surface area contributed by atoms with Gasteiger partial charge in [-0.15, -0.1) is 0 Å². The Hall–Kier alpha value is -1.97. The molecular formula is C15H19N3O. The smallest absolute Gasteiger partial charge is 0.120 e. The van der Waals surface area contributed by atoms with Crippen molar-refractivity contribution < 1.29 is 4.74 Å². The zero-order valence-electron chi connectivity index (χ0n) is 11.4. The van der Waals surface area contributed by atoms with Crippen molar-refractivity contribution in [1.82, 2.24) is 9.78 Å². The molecule has 1 N–H and O–H groups in total. The van der Waals surface area contributed by atoms with Gasteiger partial charge in [-0.2, -0.15) is 5.10 Å². The lowest BCUT2D eigenvalue weighted by molar-refractivity contribution is 0.415. The first-order chi connectivity index (χ1) is 9.28. The Morgan fingerprint density at radius 2 is 2.32 bits per heavy atom. The Labute approximate surface area is 113 Å². The van der Waals surface area contributed by atoms with Gasteiger partial charge in [0.25, 0.3) is 0 Å². The molecule has 0 spiro atoms. The summed E-state index contributed by atoms with van der Waals surface area (Å²) >= 11 is 0. The number of anilines is 1. The normalized spacial score (nSPS) is 17.9. The first-order valence-corrected chi connectivity index (χ1v) is 6.69. The van der Waals surface area contributed by atoms with Crippen LogP contribution >= 0.6 is 0 Å². The minimum atomic E-state index is 0.351. The van der Waals surface area contributed by atoms with Crippen LogP contribution in [0.2, 0.25) is 0 Å². The second kappa shape index (κ2) is 4.96. The first kappa shape index (κ1) is 12.1. The summed E-state index contributed by atoms with van der Waals surface area (Å²) in [6.07, 6.45) is 5.47. The molecule has 0 fully saturated rings. The van der Waals surface area contributed by atoms with Crippen molar-refractivity contribution in [2.24, 2.45) is 7.05 Å². The number of aryl methyl sites for hydroxylation is 1. The highest BCUT2D eigenvalue weighted by Gasteiger charge is 2.23. The van der Waals surface area contributed by atoms with Crippen molar-refractivity contribution in [3.63, 3.8) is 0 Å². The number of nitrogens with one attached hydrogen (secondary N) is 1. The molecule has 2 aromatic rings. The quantitative estimate of drug-likeness (QED) is 0.919. The van der Waals surface area contributed by atoms with Crippen molar-refractivity contribution in [1.29, 1.82) is 0 Å². The van der Waals surface area contributed by atoms with E-state index in [0.29, 0.717) is 6.04 Å². The number of rotatable bonds is 3. The van der Waals surface area contributed by atoms with E-state index < -0.39 is 0 Å². The Morgan fingerprint density at radius 3 is 3.16 bits per heavy atom. The van der Waals surface area contributed by atoms with E-state index in [2.05, 4.69) is 16.5 Å². The predicted molar refractivity (Wildman–Crippen MR) is 75.5 cm³/mol. The molecule has 100 valence electrons. The highest BCUT2D eigenvalue weighted by Crippen LogP contribution is 2.32. The molecule has 3 rings (SSSR count). The van der Waals surface area contributed by atoms with Crippen molar-refractivity contribution in [2.75, 3.05) is 12.4 Å². The summed E-state index contributed by atoms with van der Waals surface area (Å²) < 4.78 is 7.26. The summed E-state index contributed by atoms with van der Waals surface area (Å²) in [6.45, 7) is 0. The van der Waals surface area contributed by atoms with E-state index in [1.807, 2.05) is 36.1 Å². The molecule has 1 aromatic carbocycles. The highest BCUT2D eigenvalue weighted by atomic mass is 16.5. The number of fused-ring (bicyclic) bond motifs is 1. The molecule has 0 amide bonds. The van der Waals surface area contributed by atoms with Gasteiger partial charge in [0.2, 0.25) is 0 Å². The molecule has 0 radical (unpaired) electrons. The summed E-state index contributed by atoms with van der Waals surface area (Å²) in [5.41, 5.74) is 3.78. The third kappa shape index (κ3) is 2.30. The summed E-state index contributed by atoms with van der Waals surface area (Å²) in [5, 5.41) is 7.97. The van der Waals surface area contributed by atoms with E-state index in [9.17, 15) is 0 Å². The van der Waals surface area contributed by atoms with Gasteiger partial charge in [-0.25, -0.2) is 0 Å². The third-order valence-electron chi connectivity index (χ3n) is 3.79. The maximum Gasteiger partial charge on any atom is 0.120 e. The Bertz CT molecular complexity index is 577. The minimum absolute atomic E-state index is 0.351. The molecule has 1 atom stereocenters. The fraction of sp³-hybridized carbons (Fsp3) is 0.400. The van der Waals surface area contributed by atoms with Crippen LogP contribution < -0.4 is 10.1 Å². The number of nitrogens with zero attached hydrogens (tertiary/aromatic N) is 2. The van der Waals surface area contributed by atoms with Crippen LogP contribution in [0.5, 0.6) is 5.75 Å². The number of aromatic nitrogens is 2. The average Bonchev–Trinajstić information content (AvgIpc) is 2.82. The molecule has 0 saturated carbocycles. The number of hydrogen-bond acceptors (Lipinski definition) is 3. The topological polar surface area (TPSA) is 39.1 Å². The molecule has 19 heavy (non-hydrogen) atoms. The van der Waals surface area contributed by atoms with Crippen molar-refractivity contribution in [2.45, 2.75) is 25.3 Å². The molecule has 1 aliphatic carbocycles. The van der Waals surface area contributed by atoms with E-state index in [1.165, 1.54) is 17.7 Å². The van der Waals surface area contributed by atoms with Crippen LogP contribution in [0.1, 0.15) is 30.1 Å². The van der Waals surface area contributed by atoms with Crippen molar-refractivity contribution >= 4 is 5.69 Å². The number of benzene rings is 1. The van der Waals surface area contributed by atoms with Crippen molar-refractivity contribution in [3.8, 4) is 5.75 Å². The molecule has 0 bridgehead atoms. The lowest BCUT2D eigenvalue weighted by atomic mass is 9.93. The average molecular weight is 257 g/mol. The molecule has 1 aliphatic rings. The first-order valence-electron chi connectivity index (χ1n) is 6.69. The van der Waals surface area contributed by atoms with Crippen molar-refractivity contribution in [3.05, 3.63) is 41.7 Å². The zero-order chi connectivity index (χ0) is 13.2. The van der Waals surface area contributed by atoms with Gasteiger partial charge >= 0.3 is 0 Å². The van der Waals surface area contributed by atoms with Gasteiger partial charge < -0.3 is 10.1 Å². The van der Waals surface area contributed by atoms with Gasteiger partial charge in [-0.1, -0.05) is 6.07 Å². The molecule has 1 heterocycles. The molecule has 4 nitrogen and oxygen atoms in total. The second-order valence-corrected chi connectivity index (χ2v) is 4.99. The fourth-order valence-corrected chi connectivity index (χ4v) is 2.77. The van der Waals surface area contributed by atoms with Crippen LogP contribution in [0.15, 0.2) is 30.5 Å². The SMILES string of the molecule is COc1cccc(NC2CCCc3c2cnn3C)c1. The zero-order valence-corrected chi connectivity index (χ0v) is 11.4. The van der Waals surface area contributed by atoms with Gasteiger partial charge in [0.1, 0.15) is 5.75 Å². The van der Waals surface area contributed by atoms with Crippen LogP contribution in [0.25, 0.3) is 0 Å². The molecule has 1 unspecified atom stereocenters. The van der Waals surface area contributed by atoms with Crippen LogP contribution in [-0.2, 0) is 13.5 Å². The van der Waals surface area contributed by atoms with E-state index in [1.54, 1.807) is 7.11 Å². The maximum absolute atomic E-state index is 5.26. The third-order valence-corrected chi connectivity index (χ3v) is 3.79. The molecule has 0 aliphatic heterocycles. The summed E-state index contributed by atoms with van der Waals surface area (Å²) in [7, 11) is 3.71. The molecular weight excluding hydrogens is 238 g/mol. The van der Waals surface area contributed by atoms with Gasteiger partial charge in [-0.3, -0.25) is 4.68 Å². The Kier molecular flexibility index (Phi) is 3.15. The molecule has 1 aromatic heterocycles. The predicted octanol–water partition coefficient (Wildman–Crippen LogP) is 2.92. The summed E-state index contributed by atoms with van der Waals surface area (Å²) in [6, 6.07) is 8.43. The van der Waals surface area contributed by atoms with Crippen LogP contribution in [0.4, 0.5) is 5.69 Å². The summed E-state index contributed by atoms with van der Waals surface area (Å²) in [5.74, 6) is 0.882. The number of ether oxygens (including phenoxy) is 1. The lowest BCUT2D eigenvalue weighted by Crippen LogP contribution is -2.17. The Balaban J connectivity index is 1.84. The largest absolute Gasteiger partial charge is 0.497 e. The van der Waals surface area contributed by atoms with Gasteiger partial charge in [0.05, 0.1) is 19.3 Å². The highest BCUT2D eigenvalue weighted by molar-refractivity contribution is 5.50. The fourth-order valence-electron chi connectivity index (χ4n) is 2.77. The Morgan fingerprint density at radius 1 is 1.42 bits per heavy atom. The number of hydrogen-bond donors (Lipinski definition) is 1. The van der Waals surface area contributed by atoms with E-state index >= 15 is 0 Å². The van der Waals surface area contributed by atoms with E-state index in [-0.39, 0.29) is 0 Å². The summed E-state index contributed by atoms with van der Waals surface area (Å²) in [4.78, 5) is 0. The van der Waals surface area contributed by atoms with Crippen LogP contribution in [-0.4, -0.2) is 16.9 Å². The minimum Gasteiger partial charge on any atom is -0.497 e.